The normalized spacial score (nSPS) is 10.4. The summed E-state index contributed by atoms with van der Waals surface area (Å²) in [6.07, 6.45) is 0.916. The number of anilines is 1. The lowest BCUT2D eigenvalue weighted by atomic mass is 10.0. The van der Waals surface area contributed by atoms with E-state index >= 15 is 0 Å². The van der Waals surface area contributed by atoms with E-state index in [0.29, 0.717) is 12.4 Å². The van der Waals surface area contributed by atoms with Gasteiger partial charge in [0.15, 0.2) is 0 Å². The molecule has 19 heavy (non-hydrogen) atoms. The van der Waals surface area contributed by atoms with Crippen molar-refractivity contribution >= 4 is 22.1 Å². The fraction of sp³-hybridized carbons (Fsp3) is 0.250. The van der Waals surface area contributed by atoms with E-state index in [4.69, 9.17) is 10.5 Å². The smallest absolute Gasteiger partial charge is 0.122 e. The molecule has 0 saturated heterocycles. The zero-order valence-electron chi connectivity index (χ0n) is 11.4. The molecule has 0 aliphatic rings. The Bertz CT molecular complexity index is 572. The van der Waals surface area contributed by atoms with Gasteiger partial charge in [-0.15, -0.1) is 11.3 Å². The molecule has 3 heteroatoms. The summed E-state index contributed by atoms with van der Waals surface area (Å²) in [6, 6.07) is 10.3. The number of benzene rings is 1. The first-order chi connectivity index (χ1) is 9.19. The fourth-order valence-corrected chi connectivity index (χ4v) is 3.38. The molecular weight excluding hydrogens is 254 g/mol. The molecule has 0 unspecified atom stereocenters. The van der Waals surface area contributed by atoms with Gasteiger partial charge >= 0.3 is 0 Å². The highest BCUT2D eigenvalue weighted by atomic mass is 32.1. The molecule has 0 amide bonds. The molecule has 0 atom stereocenters. The third kappa shape index (κ3) is 2.66. The average Bonchev–Trinajstić information content (AvgIpc) is 2.76. The van der Waals surface area contributed by atoms with Crippen molar-refractivity contribution in [2.24, 2.45) is 0 Å². The van der Waals surface area contributed by atoms with Gasteiger partial charge in [0.1, 0.15) is 5.76 Å². The number of nitrogen functional groups attached to an aromatic ring is 1. The van der Waals surface area contributed by atoms with Crippen molar-refractivity contribution in [1.82, 2.24) is 0 Å². The van der Waals surface area contributed by atoms with Crippen molar-refractivity contribution in [3.8, 4) is 10.4 Å². The quantitative estimate of drug-likeness (QED) is 0.810. The lowest BCUT2D eigenvalue weighted by Crippen LogP contribution is -1.96. The molecule has 1 heterocycles. The molecule has 2 N–H and O–H groups in total. The van der Waals surface area contributed by atoms with E-state index < -0.39 is 0 Å². The van der Waals surface area contributed by atoms with Gasteiger partial charge in [0.05, 0.1) is 17.2 Å². The third-order valence-corrected chi connectivity index (χ3v) is 4.13. The van der Waals surface area contributed by atoms with E-state index in [-0.39, 0.29) is 0 Å². The molecule has 1 aromatic heterocycles. The zero-order valence-corrected chi connectivity index (χ0v) is 12.2. The SMILES string of the molecule is C=C(OCC)c1c(N)sc(-c2ccccc2)c1CC. The summed E-state index contributed by atoms with van der Waals surface area (Å²) in [5.74, 6) is 0.676. The van der Waals surface area contributed by atoms with Gasteiger partial charge in [-0.2, -0.15) is 0 Å². The molecule has 0 aliphatic heterocycles. The van der Waals surface area contributed by atoms with Crippen molar-refractivity contribution in [3.63, 3.8) is 0 Å². The Kier molecular flexibility index (Phi) is 4.27. The molecule has 0 aliphatic carbocycles. The summed E-state index contributed by atoms with van der Waals surface area (Å²) in [5.41, 5.74) is 9.57. The van der Waals surface area contributed by atoms with Crippen LogP contribution in [0.15, 0.2) is 36.9 Å². The van der Waals surface area contributed by atoms with Crippen molar-refractivity contribution < 1.29 is 4.74 Å². The molecule has 0 spiro atoms. The van der Waals surface area contributed by atoms with Crippen LogP contribution in [0.2, 0.25) is 0 Å². The summed E-state index contributed by atoms with van der Waals surface area (Å²) < 4.78 is 5.53. The minimum absolute atomic E-state index is 0.609. The van der Waals surface area contributed by atoms with Crippen LogP contribution in [0.3, 0.4) is 0 Å². The monoisotopic (exact) mass is 273 g/mol. The molecule has 0 saturated carbocycles. The predicted octanol–water partition coefficient (Wildman–Crippen LogP) is 4.57. The lowest BCUT2D eigenvalue weighted by molar-refractivity contribution is 0.299. The summed E-state index contributed by atoms with van der Waals surface area (Å²) in [6.45, 7) is 8.70. The van der Waals surface area contributed by atoms with Crippen LogP contribution in [0, 0.1) is 0 Å². The zero-order chi connectivity index (χ0) is 13.8. The van der Waals surface area contributed by atoms with E-state index in [1.165, 1.54) is 16.0 Å². The maximum atomic E-state index is 6.16. The second-order valence-corrected chi connectivity index (χ2v) is 5.28. The van der Waals surface area contributed by atoms with Crippen LogP contribution < -0.4 is 5.73 Å². The first-order valence-corrected chi connectivity index (χ1v) is 7.29. The lowest BCUT2D eigenvalue weighted by Gasteiger charge is -2.09. The van der Waals surface area contributed by atoms with E-state index in [1.54, 1.807) is 11.3 Å². The van der Waals surface area contributed by atoms with Gasteiger partial charge in [-0.25, -0.2) is 0 Å². The Morgan fingerprint density at radius 1 is 1.26 bits per heavy atom. The maximum absolute atomic E-state index is 6.16. The van der Waals surface area contributed by atoms with Crippen molar-refractivity contribution in [2.75, 3.05) is 12.3 Å². The fourth-order valence-electron chi connectivity index (χ4n) is 2.20. The minimum atomic E-state index is 0.609. The second-order valence-electron chi connectivity index (χ2n) is 4.22. The van der Waals surface area contributed by atoms with E-state index in [2.05, 4.69) is 25.6 Å². The van der Waals surface area contributed by atoms with Crippen LogP contribution in [0.4, 0.5) is 5.00 Å². The number of ether oxygens (including phenoxy) is 1. The summed E-state index contributed by atoms with van der Waals surface area (Å²) in [7, 11) is 0. The number of nitrogens with two attached hydrogens (primary N) is 1. The number of rotatable bonds is 5. The Morgan fingerprint density at radius 3 is 2.53 bits per heavy atom. The Morgan fingerprint density at radius 2 is 1.95 bits per heavy atom. The highest BCUT2D eigenvalue weighted by molar-refractivity contribution is 7.19. The van der Waals surface area contributed by atoms with Crippen LogP contribution in [0.1, 0.15) is 25.0 Å². The van der Waals surface area contributed by atoms with Crippen LogP contribution in [-0.2, 0) is 11.2 Å². The van der Waals surface area contributed by atoms with Gasteiger partial charge in [-0.05, 0) is 24.5 Å². The Hall–Kier alpha value is -1.74. The highest BCUT2D eigenvalue weighted by Crippen LogP contribution is 2.41. The molecule has 1 aromatic carbocycles. The second kappa shape index (κ2) is 5.93. The Balaban J connectivity index is 2.53. The van der Waals surface area contributed by atoms with Crippen LogP contribution in [-0.4, -0.2) is 6.61 Å². The van der Waals surface area contributed by atoms with Crippen molar-refractivity contribution in [1.29, 1.82) is 0 Å². The van der Waals surface area contributed by atoms with Crippen LogP contribution in [0.25, 0.3) is 16.2 Å². The van der Waals surface area contributed by atoms with Gasteiger partial charge in [-0.3, -0.25) is 0 Å². The van der Waals surface area contributed by atoms with Gasteiger partial charge in [0.25, 0.3) is 0 Å². The van der Waals surface area contributed by atoms with E-state index in [1.807, 2.05) is 25.1 Å². The predicted molar refractivity (Wildman–Crippen MR) is 84.2 cm³/mol. The first-order valence-electron chi connectivity index (χ1n) is 6.47. The summed E-state index contributed by atoms with van der Waals surface area (Å²) in [5, 5.41) is 0.786. The standard InChI is InChI=1S/C16H19NOS/c1-4-13-14(11(3)18-5-2)16(17)19-15(13)12-9-7-6-8-10-12/h6-10H,3-5,17H2,1-2H3. The highest BCUT2D eigenvalue weighted by Gasteiger charge is 2.19. The largest absolute Gasteiger partial charge is 0.494 e. The van der Waals surface area contributed by atoms with Crippen LogP contribution in [0.5, 0.6) is 0 Å². The van der Waals surface area contributed by atoms with Gasteiger partial charge in [-0.1, -0.05) is 43.8 Å². The molecule has 0 fully saturated rings. The van der Waals surface area contributed by atoms with Gasteiger partial charge in [0, 0.05) is 4.88 Å². The summed E-state index contributed by atoms with van der Waals surface area (Å²) >= 11 is 1.61. The molecule has 100 valence electrons. The average molecular weight is 273 g/mol. The topological polar surface area (TPSA) is 35.2 Å². The molecule has 2 aromatic rings. The number of hydrogen-bond acceptors (Lipinski definition) is 3. The molecule has 0 bridgehead atoms. The molecular formula is C16H19NOS. The van der Waals surface area contributed by atoms with Crippen molar-refractivity contribution in [2.45, 2.75) is 20.3 Å². The van der Waals surface area contributed by atoms with Crippen molar-refractivity contribution in [3.05, 3.63) is 48.0 Å². The molecule has 2 rings (SSSR count). The first kappa shape index (κ1) is 13.7. The molecule has 0 radical (unpaired) electrons. The molecule has 2 nitrogen and oxygen atoms in total. The van der Waals surface area contributed by atoms with E-state index in [9.17, 15) is 0 Å². The van der Waals surface area contributed by atoms with Crippen LogP contribution >= 0.6 is 11.3 Å². The third-order valence-electron chi connectivity index (χ3n) is 3.02. The maximum Gasteiger partial charge on any atom is 0.122 e. The Labute approximate surface area is 118 Å². The van der Waals surface area contributed by atoms with E-state index in [0.717, 1.165) is 17.0 Å². The number of hydrogen-bond donors (Lipinski definition) is 1. The van der Waals surface area contributed by atoms with Gasteiger partial charge in [0.2, 0.25) is 0 Å². The minimum Gasteiger partial charge on any atom is -0.494 e. The summed E-state index contributed by atoms with van der Waals surface area (Å²) in [4.78, 5) is 1.22. The van der Waals surface area contributed by atoms with Gasteiger partial charge < -0.3 is 10.5 Å². The number of thiophene rings is 1.